The fourth-order valence-electron chi connectivity index (χ4n) is 4.79. The molecule has 1 saturated heterocycles. The quantitative estimate of drug-likeness (QED) is 0.333. The van der Waals surface area contributed by atoms with Crippen molar-refractivity contribution in [2.75, 3.05) is 13.1 Å². The monoisotopic (exact) mass is 560 g/mol. The van der Waals surface area contributed by atoms with Gasteiger partial charge in [-0.2, -0.15) is 13.2 Å². The average Bonchev–Trinajstić information content (AvgIpc) is 3.36. The number of ether oxygens (including phenoxy) is 1. The molecule has 1 fully saturated rings. The van der Waals surface area contributed by atoms with Crippen LogP contribution < -0.4 is 0 Å². The summed E-state index contributed by atoms with van der Waals surface area (Å²) in [4.78, 5) is 31.2. The lowest BCUT2D eigenvalue weighted by atomic mass is 9.83. The highest BCUT2D eigenvalue weighted by atomic mass is 35.5. The standard InChI is InChI=1S/C24H18Cl2F4N2O5/c1-11(33)4-19(34)32-9-22(10-32)15-3-2-12(5-14(15)21(35)36-22)18-8-23(37-31-18,24(28,29)30)13-6-16(25)20(27)17(26)7-13/h2-3,5-7,11,33H,4,8-10H2,1H3. The molecule has 3 aliphatic heterocycles. The highest BCUT2D eigenvalue weighted by Gasteiger charge is 2.63. The SMILES string of the molecule is CC(O)CC(=O)N1CC2(C1)OC(=O)c1cc(C3=NOC(c4cc(Cl)c(F)c(Cl)c4)(C(F)(F)F)C3)ccc12. The first-order valence-corrected chi connectivity index (χ1v) is 11.8. The first-order valence-electron chi connectivity index (χ1n) is 11.1. The molecule has 1 spiro atoms. The summed E-state index contributed by atoms with van der Waals surface area (Å²) in [6, 6.07) is 5.99. The van der Waals surface area contributed by atoms with E-state index in [1.54, 1.807) is 6.07 Å². The van der Waals surface area contributed by atoms with Crippen LogP contribution in [-0.2, 0) is 25.6 Å². The Morgan fingerprint density at radius 3 is 2.46 bits per heavy atom. The average molecular weight is 561 g/mol. The van der Waals surface area contributed by atoms with Gasteiger partial charge in [-0.3, -0.25) is 4.79 Å². The number of fused-ring (bicyclic) bond motifs is 2. The van der Waals surface area contributed by atoms with E-state index in [-0.39, 0.29) is 42.3 Å². The largest absolute Gasteiger partial charge is 0.447 e. The van der Waals surface area contributed by atoms with Gasteiger partial charge < -0.3 is 19.6 Å². The van der Waals surface area contributed by atoms with E-state index in [4.69, 9.17) is 32.8 Å². The Morgan fingerprint density at radius 1 is 1.22 bits per heavy atom. The molecule has 3 aliphatic rings. The first kappa shape index (κ1) is 25.7. The molecular formula is C24H18Cl2F4N2O5. The normalized spacial score (nSPS) is 22.8. The lowest BCUT2D eigenvalue weighted by Gasteiger charge is -2.46. The number of halogens is 6. The summed E-state index contributed by atoms with van der Waals surface area (Å²) in [6.07, 6.45) is -6.64. The summed E-state index contributed by atoms with van der Waals surface area (Å²) in [5.41, 5.74) is -3.81. The van der Waals surface area contributed by atoms with Gasteiger partial charge in [0.15, 0.2) is 11.4 Å². The van der Waals surface area contributed by atoms with Crippen LogP contribution in [0.1, 0.15) is 46.8 Å². The van der Waals surface area contributed by atoms with Gasteiger partial charge in [-0.25, -0.2) is 9.18 Å². The van der Waals surface area contributed by atoms with Crippen LogP contribution in [0.15, 0.2) is 35.5 Å². The van der Waals surface area contributed by atoms with Crippen LogP contribution in [0.2, 0.25) is 10.0 Å². The number of carbonyl (C=O) groups is 2. The Balaban J connectivity index is 1.42. The molecule has 3 heterocycles. The van der Waals surface area contributed by atoms with Gasteiger partial charge in [0.05, 0.1) is 46.9 Å². The van der Waals surface area contributed by atoms with Crippen LogP contribution in [0.25, 0.3) is 0 Å². The zero-order chi connectivity index (χ0) is 26.9. The van der Waals surface area contributed by atoms with Crippen LogP contribution in [0.4, 0.5) is 17.6 Å². The minimum absolute atomic E-state index is 0.0684. The lowest BCUT2D eigenvalue weighted by molar-refractivity contribution is -0.275. The summed E-state index contributed by atoms with van der Waals surface area (Å²) in [5.74, 6) is -2.03. The number of alkyl halides is 3. The van der Waals surface area contributed by atoms with Crippen molar-refractivity contribution in [3.63, 3.8) is 0 Å². The zero-order valence-electron chi connectivity index (χ0n) is 19.0. The molecule has 2 unspecified atom stereocenters. The molecular weight excluding hydrogens is 543 g/mol. The van der Waals surface area contributed by atoms with Crippen LogP contribution >= 0.6 is 23.2 Å². The maximum Gasteiger partial charge on any atom is 0.435 e. The molecule has 0 radical (unpaired) electrons. The van der Waals surface area contributed by atoms with Crippen molar-refractivity contribution >= 4 is 40.8 Å². The predicted octanol–water partition coefficient (Wildman–Crippen LogP) is 4.69. The summed E-state index contributed by atoms with van der Waals surface area (Å²) < 4.78 is 62.2. The number of esters is 1. The van der Waals surface area contributed by atoms with Gasteiger partial charge in [0.2, 0.25) is 5.91 Å². The van der Waals surface area contributed by atoms with Crippen LogP contribution in [0.5, 0.6) is 0 Å². The van der Waals surface area contributed by atoms with E-state index >= 15 is 0 Å². The minimum atomic E-state index is -4.98. The van der Waals surface area contributed by atoms with Crippen LogP contribution in [0.3, 0.4) is 0 Å². The Morgan fingerprint density at radius 2 is 1.86 bits per heavy atom. The number of aliphatic hydroxyl groups excluding tert-OH is 1. The predicted molar refractivity (Wildman–Crippen MR) is 123 cm³/mol. The number of oxime groups is 1. The maximum atomic E-state index is 14.3. The second-order valence-corrected chi connectivity index (χ2v) is 10.1. The van der Waals surface area contributed by atoms with Crippen LogP contribution in [0, 0.1) is 5.82 Å². The second kappa shape index (κ2) is 8.57. The van der Waals surface area contributed by atoms with E-state index in [1.807, 2.05) is 0 Å². The third-order valence-electron chi connectivity index (χ3n) is 6.70. The highest BCUT2D eigenvalue weighted by molar-refractivity contribution is 6.35. The Kier molecular flexibility index (Phi) is 5.96. The third kappa shape index (κ3) is 4.04. The number of carbonyl (C=O) groups excluding carboxylic acids is 2. The summed E-state index contributed by atoms with van der Waals surface area (Å²) in [5, 5.41) is 11.9. The van der Waals surface area contributed by atoms with Crippen LogP contribution in [-0.4, -0.2) is 53.0 Å². The number of rotatable bonds is 4. The Hall–Kier alpha value is -2.89. The number of likely N-dealkylation sites (tertiary alicyclic amines) is 1. The molecule has 37 heavy (non-hydrogen) atoms. The summed E-state index contributed by atoms with van der Waals surface area (Å²) in [6.45, 7) is 1.69. The molecule has 0 aliphatic carbocycles. The molecule has 0 saturated carbocycles. The van der Waals surface area contributed by atoms with Crippen molar-refractivity contribution in [2.45, 2.75) is 43.2 Å². The van der Waals surface area contributed by atoms with E-state index < -0.39 is 57.3 Å². The molecule has 0 aromatic heterocycles. The van der Waals surface area contributed by atoms with Crippen molar-refractivity contribution in [1.29, 1.82) is 0 Å². The van der Waals surface area contributed by atoms with Gasteiger partial charge in [-0.15, -0.1) is 0 Å². The van der Waals surface area contributed by atoms with E-state index in [0.29, 0.717) is 5.56 Å². The summed E-state index contributed by atoms with van der Waals surface area (Å²) in [7, 11) is 0. The smallest absolute Gasteiger partial charge is 0.435 e. The van der Waals surface area contributed by atoms with Gasteiger partial charge >= 0.3 is 12.1 Å². The number of nitrogens with zero attached hydrogens (tertiary/aromatic N) is 2. The molecule has 13 heteroatoms. The molecule has 196 valence electrons. The first-order chi connectivity index (χ1) is 17.3. The molecule has 2 aromatic rings. The molecule has 0 bridgehead atoms. The number of hydrogen-bond donors (Lipinski definition) is 1. The topological polar surface area (TPSA) is 88.4 Å². The Labute approximate surface area is 217 Å². The fraction of sp³-hybridized carbons (Fsp3) is 0.375. The fourth-order valence-corrected chi connectivity index (χ4v) is 5.27. The van der Waals surface area contributed by atoms with Crippen molar-refractivity contribution in [2.24, 2.45) is 5.16 Å². The molecule has 2 aromatic carbocycles. The minimum Gasteiger partial charge on any atom is -0.447 e. The van der Waals surface area contributed by atoms with Crippen molar-refractivity contribution in [3.8, 4) is 0 Å². The molecule has 7 nitrogen and oxygen atoms in total. The van der Waals surface area contributed by atoms with Gasteiger partial charge in [0, 0.05) is 23.1 Å². The second-order valence-electron chi connectivity index (χ2n) is 9.33. The van der Waals surface area contributed by atoms with E-state index in [2.05, 4.69) is 5.16 Å². The van der Waals surface area contributed by atoms with E-state index in [1.165, 1.54) is 24.0 Å². The van der Waals surface area contributed by atoms with Gasteiger partial charge in [0.1, 0.15) is 0 Å². The van der Waals surface area contributed by atoms with Crippen molar-refractivity contribution in [3.05, 3.63) is 68.4 Å². The molecule has 1 N–H and O–H groups in total. The van der Waals surface area contributed by atoms with Gasteiger partial charge in [0.25, 0.3) is 5.60 Å². The van der Waals surface area contributed by atoms with Gasteiger partial charge in [-0.05, 0) is 25.1 Å². The maximum absolute atomic E-state index is 14.3. The lowest BCUT2D eigenvalue weighted by Crippen LogP contribution is -2.61. The summed E-state index contributed by atoms with van der Waals surface area (Å²) >= 11 is 11.5. The van der Waals surface area contributed by atoms with Crippen molar-refractivity contribution in [1.82, 2.24) is 4.90 Å². The Bertz CT molecular complexity index is 1330. The molecule has 5 rings (SSSR count). The highest BCUT2D eigenvalue weighted by Crippen LogP contribution is 2.50. The van der Waals surface area contributed by atoms with Crippen molar-refractivity contribution < 1.29 is 41.8 Å². The molecule has 2 atom stereocenters. The number of amides is 1. The van der Waals surface area contributed by atoms with E-state index in [9.17, 15) is 32.3 Å². The number of benzene rings is 2. The number of aliphatic hydroxyl groups is 1. The number of hydrogen-bond acceptors (Lipinski definition) is 6. The zero-order valence-corrected chi connectivity index (χ0v) is 20.5. The molecule has 1 amide bonds. The van der Waals surface area contributed by atoms with Gasteiger partial charge in [-0.1, -0.05) is 40.5 Å². The van der Waals surface area contributed by atoms with E-state index in [0.717, 1.165) is 12.1 Å². The third-order valence-corrected chi connectivity index (χ3v) is 7.25.